The van der Waals surface area contributed by atoms with Crippen LogP contribution < -0.4 is 10.3 Å². The lowest BCUT2D eigenvalue weighted by atomic mass is 10.2. The molecule has 0 spiro atoms. The zero-order chi connectivity index (χ0) is 12.9. The van der Waals surface area contributed by atoms with Crippen molar-refractivity contribution in [2.75, 3.05) is 5.88 Å². The van der Waals surface area contributed by atoms with Crippen molar-refractivity contribution in [3.05, 3.63) is 29.8 Å². The molecule has 0 fully saturated rings. The zero-order valence-electron chi connectivity index (χ0n) is 9.23. The van der Waals surface area contributed by atoms with Crippen LogP contribution in [0.2, 0.25) is 0 Å². The van der Waals surface area contributed by atoms with Crippen LogP contribution in [0, 0.1) is 0 Å². The fourth-order valence-corrected chi connectivity index (χ4v) is 2.25. The fraction of sp³-hybridized carbons (Fsp3) is 0.300. The van der Waals surface area contributed by atoms with E-state index in [0.29, 0.717) is 12.3 Å². The van der Waals surface area contributed by atoms with E-state index in [4.69, 9.17) is 11.6 Å². The molecule has 0 aliphatic heterocycles. The Labute approximate surface area is 105 Å². The average molecular weight is 277 g/mol. The van der Waals surface area contributed by atoms with Crippen molar-refractivity contribution in [1.29, 1.82) is 0 Å². The van der Waals surface area contributed by atoms with E-state index in [9.17, 15) is 13.2 Å². The van der Waals surface area contributed by atoms with Gasteiger partial charge in [0.25, 0.3) is 10.0 Å². The number of hydrogen-bond donors (Lipinski definition) is 2. The zero-order valence-corrected chi connectivity index (χ0v) is 10.8. The topological polar surface area (TPSA) is 75.3 Å². The highest BCUT2D eigenvalue weighted by molar-refractivity contribution is 7.89. The number of sulfonamides is 1. The first-order valence-corrected chi connectivity index (χ1v) is 6.91. The van der Waals surface area contributed by atoms with E-state index >= 15 is 0 Å². The SMILES string of the molecule is CC(=O)NNS(=O)(=O)c1ccc(CCCl)cc1. The largest absolute Gasteiger partial charge is 0.278 e. The van der Waals surface area contributed by atoms with Gasteiger partial charge >= 0.3 is 0 Å². The molecule has 0 atom stereocenters. The number of amides is 1. The van der Waals surface area contributed by atoms with Crippen LogP contribution in [0.15, 0.2) is 29.2 Å². The molecule has 1 rings (SSSR count). The molecule has 17 heavy (non-hydrogen) atoms. The molecule has 1 aromatic carbocycles. The number of hydrazine groups is 1. The maximum atomic E-state index is 11.7. The Kier molecular flexibility index (Phi) is 4.92. The first-order chi connectivity index (χ1) is 7.95. The summed E-state index contributed by atoms with van der Waals surface area (Å²) in [5.41, 5.74) is 2.98. The Balaban J connectivity index is 2.81. The molecule has 1 amide bonds. The van der Waals surface area contributed by atoms with Crippen molar-refractivity contribution < 1.29 is 13.2 Å². The van der Waals surface area contributed by atoms with Gasteiger partial charge in [0.1, 0.15) is 0 Å². The summed E-state index contributed by atoms with van der Waals surface area (Å²) in [5.74, 6) is 0.00306. The van der Waals surface area contributed by atoms with Crippen LogP contribution in [-0.2, 0) is 21.2 Å². The monoisotopic (exact) mass is 276 g/mol. The summed E-state index contributed by atoms with van der Waals surface area (Å²) in [4.78, 5) is 12.7. The Morgan fingerprint density at radius 1 is 1.29 bits per heavy atom. The van der Waals surface area contributed by atoms with Gasteiger partial charge in [-0.3, -0.25) is 10.2 Å². The predicted octanol–water partition coefficient (Wildman–Crippen LogP) is 0.797. The van der Waals surface area contributed by atoms with Crippen LogP contribution in [0.25, 0.3) is 0 Å². The molecule has 0 bridgehead atoms. The molecule has 0 unspecified atom stereocenters. The molecule has 94 valence electrons. The second-order valence-electron chi connectivity index (χ2n) is 3.37. The molecule has 0 aliphatic carbocycles. The lowest BCUT2D eigenvalue weighted by molar-refractivity contribution is -0.119. The van der Waals surface area contributed by atoms with Gasteiger partial charge in [-0.05, 0) is 24.1 Å². The van der Waals surface area contributed by atoms with Crippen molar-refractivity contribution in [3.63, 3.8) is 0 Å². The molecule has 0 radical (unpaired) electrons. The van der Waals surface area contributed by atoms with Gasteiger partial charge in [-0.1, -0.05) is 12.1 Å². The van der Waals surface area contributed by atoms with Crippen molar-refractivity contribution in [2.45, 2.75) is 18.2 Å². The molecule has 1 aromatic rings. The van der Waals surface area contributed by atoms with Gasteiger partial charge in [0.15, 0.2) is 0 Å². The minimum Gasteiger partial charge on any atom is -0.278 e. The minimum atomic E-state index is -3.70. The summed E-state index contributed by atoms with van der Waals surface area (Å²) >= 11 is 5.57. The van der Waals surface area contributed by atoms with Gasteiger partial charge in [0, 0.05) is 12.8 Å². The number of halogens is 1. The first-order valence-electron chi connectivity index (χ1n) is 4.89. The second-order valence-corrected chi connectivity index (χ2v) is 5.43. The maximum Gasteiger partial charge on any atom is 0.257 e. The standard InChI is InChI=1S/C10H13ClN2O3S/c1-8(14)12-13-17(15,16)10-4-2-9(3-5-10)6-7-11/h2-5,13H,6-7H2,1H3,(H,12,14). The fourth-order valence-electron chi connectivity index (χ4n) is 1.14. The minimum absolute atomic E-state index is 0.0876. The summed E-state index contributed by atoms with van der Waals surface area (Å²) in [6.45, 7) is 1.21. The predicted molar refractivity (Wildman–Crippen MR) is 65.0 cm³/mol. The molecule has 0 saturated carbocycles. The lowest BCUT2D eigenvalue weighted by Gasteiger charge is -2.07. The van der Waals surface area contributed by atoms with Crippen LogP contribution >= 0.6 is 11.6 Å². The molecular weight excluding hydrogens is 264 g/mol. The Bertz CT molecular complexity index is 485. The first kappa shape index (κ1) is 14.0. The van der Waals surface area contributed by atoms with E-state index < -0.39 is 15.9 Å². The molecular formula is C10H13ClN2O3S. The summed E-state index contributed by atoms with van der Waals surface area (Å²) in [6, 6.07) is 6.30. The third-order valence-electron chi connectivity index (χ3n) is 1.98. The van der Waals surface area contributed by atoms with Gasteiger partial charge in [-0.2, -0.15) is 0 Å². The quantitative estimate of drug-likeness (QED) is 0.617. The van der Waals surface area contributed by atoms with E-state index in [2.05, 4.69) is 0 Å². The Hall–Kier alpha value is -1.11. The van der Waals surface area contributed by atoms with Crippen molar-refractivity contribution in [3.8, 4) is 0 Å². The molecule has 5 nitrogen and oxygen atoms in total. The highest BCUT2D eigenvalue weighted by Crippen LogP contribution is 2.10. The number of aryl methyl sites for hydroxylation is 1. The highest BCUT2D eigenvalue weighted by Gasteiger charge is 2.13. The number of hydrogen-bond acceptors (Lipinski definition) is 3. The highest BCUT2D eigenvalue weighted by atomic mass is 35.5. The number of nitrogens with one attached hydrogen (secondary N) is 2. The van der Waals surface area contributed by atoms with Gasteiger partial charge in [-0.15, -0.1) is 16.4 Å². The van der Waals surface area contributed by atoms with Gasteiger partial charge in [-0.25, -0.2) is 8.42 Å². The smallest absolute Gasteiger partial charge is 0.257 e. The Morgan fingerprint density at radius 2 is 1.88 bits per heavy atom. The second kappa shape index (κ2) is 6.00. The molecule has 7 heteroatoms. The lowest BCUT2D eigenvalue weighted by Crippen LogP contribution is -2.40. The molecule has 0 aromatic heterocycles. The number of carbonyl (C=O) groups excluding carboxylic acids is 1. The molecule has 0 saturated heterocycles. The average Bonchev–Trinajstić information content (AvgIpc) is 2.28. The number of carbonyl (C=O) groups is 1. The molecule has 2 N–H and O–H groups in total. The van der Waals surface area contributed by atoms with E-state index in [1.54, 1.807) is 12.1 Å². The summed E-state index contributed by atoms with van der Waals surface area (Å²) in [6.07, 6.45) is 0.682. The molecule has 0 heterocycles. The van der Waals surface area contributed by atoms with Gasteiger partial charge < -0.3 is 0 Å². The summed E-state index contributed by atoms with van der Waals surface area (Å²) < 4.78 is 23.3. The maximum absolute atomic E-state index is 11.7. The molecule has 0 aliphatic rings. The van der Waals surface area contributed by atoms with Crippen LogP contribution in [0.3, 0.4) is 0 Å². The number of alkyl halides is 1. The van der Waals surface area contributed by atoms with Crippen LogP contribution in [0.1, 0.15) is 12.5 Å². The third-order valence-corrected chi connectivity index (χ3v) is 3.43. The van der Waals surface area contributed by atoms with E-state index in [-0.39, 0.29) is 4.90 Å². The van der Waals surface area contributed by atoms with Gasteiger partial charge in [0.2, 0.25) is 5.91 Å². The van der Waals surface area contributed by atoms with Crippen molar-refractivity contribution in [2.24, 2.45) is 0 Å². The summed E-state index contributed by atoms with van der Waals surface area (Å²) in [7, 11) is -3.70. The van der Waals surface area contributed by atoms with Crippen molar-refractivity contribution in [1.82, 2.24) is 10.3 Å². The van der Waals surface area contributed by atoms with Crippen LogP contribution in [-0.4, -0.2) is 20.2 Å². The van der Waals surface area contributed by atoms with E-state index in [0.717, 1.165) is 5.56 Å². The van der Waals surface area contributed by atoms with E-state index in [1.165, 1.54) is 19.1 Å². The Morgan fingerprint density at radius 3 is 2.35 bits per heavy atom. The van der Waals surface area contributed by atoms with Crippen LogP contribution in [0.5, 0.6) is 0 Å². The van der Waals surface area contributed by atoms with Gasteiger partial charge in [0.05, 0.1) is 4.90 Å². The van der Waals surface area contributed by atoms with Crippen LogP contribution in [0.4, 0.5) is 0 Å². The van der Waals surface area contributed by atoms with Crippen molar-refractivity contribution >= 4 is 27.5 Å². The number of benzene rings is 1. The van der Waals surface area contributed by atoms with E-state index in [1.807, 2.05) is 10.3 Å². The normalized spacial score (nSPS) is 11.2. The third kappa shape index (κ3) is 4.33. The number of rotatable bonds is 5. The summed E-state index contributed by atoms with van der Waals surface area (Å²) in [5, 5.41) is 0.